The number of methoxy groups -OCH3 is 2. The van der Waals surface area contributed by atoms with Crippen LogP contribution >= 0.6 is 15.9 Å². The Labute approximate surface area is 108 Å². The molecule has 0 aromatic heterocycles. The van der Waals surface area contributed by atoms with Crippen LogP contribution in [0.15, 0.2) is 22.7 Å². The highest BCUT2D eigenvalue weighted by Crippen LogP contribution is 2.27. The molecule has 1 atom stereocenters. The van der Waals surface area contributed by atoms with Crippen molar-refractivity contribution < 1.29 is 14.3 Å². The summed E-state index contributed by atoms with van der Waals surface area (Å²) in [6, 6.07) is 4.59. The maximum Gasteiger partial charge on any atom is 0.243 e. The lowest BCUT2D eigenvalue weighted by molar-refractivity contribution is -0.118. The Morgan fingerprint density at radius 1 is 1.53 bits per heavy atom. The Morgan fingerprint density at radius 3 is 2.82 bits per heavy atom. The fourth-order valence-corrected chi connectivity index (χ4v) is 1.55. The second-order valence-corrected chi connectivity index (χ2v) is 4.25. The number of hydrogen-bond donors (Lipinski definition) is 2. The lowest BCUT2D eigenvalue weighted by Crippen LogP contribution is -2.39. The Morgan fingerprint density at radius 2 is 2.24 bits per heavy atom. The van der Waals surface area contributed by atoms with E-state index in [1.54, 1.807) is 25.3 Å². The molecular formula is C11H15BrN2O3. The predicted octanol–water partition coefficient (Wildman–Crippen LogP) is 1.37. The fourth-order valence-electron chi connectivity index (χ4n) is 1.21. The number of anilines is 1. The number of nitrogens with one attached hydrogen (secondary N) is 1. The van der Waals surface area contributed by atoms with E-state index in [0.29, 0.717) is 11.4 Å². The number of benzene rings is 1. The molecule has 0 aliphatic rings. The van der Waals surface area contributed by atoms with Gasteiger partial charge < -0.3 is 20.5 Å². The van der Waals surface area contributed by atoms with Gasteiger partial charge in [0.05, 0.1) is 19.4 Å². The number of ether oxygens (including phenoxy) is 2. The third kappa shape index (κ3) is 3.99. The molecule has 17 heavy (non-hydrogen) atoms. The van der Waals surface area contributed by atoms with Gasteiger partial charge in [0.25, 0.3) is 0 Å². The van der Waals surface area contributed by atoms with Crippen LogP contribution in [0.5, 0.6) is 5.75 Å². The van der Waals surface area contributed by atoms with E-state index in [1.807, 2.05) is 0 Å². The smallest absolute Gasteiger partial charge is 0.243 e. The lowest BCUT2D eigenvalue weighted by Gasteiger charge is -2.13. The molecule has 0 fully saturated rings. The molecular weight excluding hydrogens is 288 g/mol. The quantitative estimate of drug-likeness (QED) is 0.861. The first-order chi connectivity index (χ1) is 8.08. The van der Waals surface area contributed by atoms with Gasteiger partial charge in [-0.2, -0.15) is 0 Å². The van der Waals surface area contributed by atoms with Gasteiger partial charge in [-0.25, -0.2) is 0 Å². The van der Waals surface area contributed by atoms with Crippen LogP contribution in [0.2, 0.25) is 0 Å². The number of hydrogen-bond acceptors (Lipinski definition) is 4. The van der Waals surface area contributed by atoms with E-state index >= 15 is 0 Å². The molecule has 94 valence electrons. The van der Waals surface area contributed by atoms with E-state index < -0.39 is 6.04 Å². The van der Waals surface area contributed by atoms with Crippen LogP contribution in [0.25, 0.3) is 0 Å². The number of carbonyl (C=O) groups excluding carboxylic acids is 1. The van der Waals surface area contributed by atoms with Crippen LogP contribution in [0, 0.1) is 0 Å². The standard InChI is InChI=1S/C11H15BrN2O3/c1-16-6-9(13)11(15)14-10-5-7(17-2)3-4-8(10)12/h3-5,9H,6,13H2,1-2H3,(H,14,15). The summed E-state index contributed by atoms with van der Waals surface area (Å²) in [5.74, 6) is 0.351. The molecule has 0 aliphatic carbocycles. The first-order valence-corrected chi connectivity index (χ1v) is 5.76. The Kier molecular flexibility index (Phi) is 5.40. The van der Waals surface area contributed by atoms with Crippen molar-refractivity contribution in [2.24, 2.45) is 5.73 Å². The topological polar surface area (TPSA) is 73.6 Å². The Balaban J connectivity index is 2.76. The van der Waals surface area contributed by atoms with Crippen LogP contribution < -0.4 is 15.8 Å². The highest BCUT2D eigenvalue weighted by molar-refractivity contribution is 9.10. The Hall–Kier alpha value is -1.11. The third-order valence-electron chi connectivity index (χ3n) is 2.11. The van der Waals surface area contributed by atoms with Crippen molar-refractivity contribution in [2.45, 2.75) is 6.04 Å². The summed E-state index contributed by atoms with van der Waals surface area (Å²) in [6.07, 6.45) is 0. The number of amides is 1. The molecule has 0 aliphatic heterocycles. The van der Waals surface area contributed by atoms with E-state index in [1.165, 1.54) is 7.11 Å². The van der Waals surface area contributed by atoms with Crippen molar-refractivity contribution in [3.8, 4) is 5.75 Å². The summed E-state index contributed by atoms with van der Waals surface area (Å²) in [7, 11) is 3.06. The molecule has 3 N–H and O–H groups in total. The monoisotopic (exact) mass is 302 g/mol. The molecule has 1 aromatic rings. The van der Waals surface area contributed by atoms with Crippen molar-refractivity contribution in [3.63, 3.8) is 0 Å². The zero-order chi connectivity index (χ0) is 12.8. The van der Waals surface area contributed by atoms with E-state index in [9.17, 15) is 4.79 Å². The molecule has 0 saturated heterocycles. The predicted molar refractivity (Wildman–Crippen MR) is 69.2 cm³/mol. The second-order valence-electron chi connectivity index (χ2n) is 3.40. The Bertz CT molecular complexity index is 398. The minimum atomic E-state index is -0.696. The first-order valence-electron chi connectivity index (χ1n) is 4.97. The molecule has 1 unspecified atom stereocenters. The molecule has 0 heterocycles. The van der Waals surface area contributed by atoms with Gasteiger partial charge >= 0.3 is 0 Å². The maximum absolute atomic E-state index is 11.7. The average molecular weight is 303 g/mol. The fraction of sp³-hybridized carbons (Fsp3) is 0.364. The minimum Gasteiger partial charge on any atom is -0.497 e. The molecule has 5 nitrogen and oxygen atoms in total. The van der Waals surface area contributed by atoms with Crippen molar-refractivity contribution in [3.05, 3.63) is 22.7 Å². The summed E-state index contributed by atoms with van der Waals surface area (Å²) >= 11 is 3.33. The number of carbonyl (C=O) groups is 1. The van der Waals surface area contributed by atoms with Gasteiger partial charge in [-0.3, -0.25) is 4.79 Å². The van der Waals surface area contributed by atoms with Crippen molar-refractivity contribution in [1.29, 1.82) is 0 Å². The molecule has 1 aromatic carbocycles. The largest absolute Gasteiger partial charge is 0.497 e. The summed E-state index contributed by atoms with van der Waals surface area (Å²) in [5, 5.41) is 2.70. The van der Waals surface area contributed by atoms with Crippen LogP contribution in [-0.2, 0) is 9.53 Å². The van der Waals surface area contributed by atoms with Crippen molar-refractivity contribution in [2.75, 3.05) is 26.1 Å². The molecule has 0 spiro atoms. The summed E-state index contributed by atoms with van der Waals surface area (Å²) in [5.41, 5.74) is 6.22. The van der Waals surface area contributed by atoms with E-state index in [0.717, 1.165) is 4.47 Å². The maximum atomic E-state index is 11.7. The van der Waals surface area contributed by atoms with Crippen LogP contribution in [0.4, 0.5) is 5.69 Å². The molecule has 0 bridgehead atoms. The zero-order valence-corrected chi connectivity index (χ0v) is 11.3. The molecule has 6 heteroatoms. The number of nitrogens with two attached hydrogens (primary N) is 1. The third-order valence-corrected chi connectivity index (χ3v) is 2.81. The van der Waals surface area contributed by atoms with E-state index in [-0.39, 0.29) is 12.5 Å². The van der Waals surface area contributed by atoms with Crippen LogP contribution in [0.3, 0.4) is 0 Å². The summed E-state index contributed by atoms with van der Waals surface area (Å²) in [6.45, 7) is 0.174. The molecule has 0 saturated carbocycles. The summed E-state index contributed by atoms with van der Waals surface area (Å²) < 4.78 is 10.6. The number of halogens is 1. The minimum absolute atomic E-state index is 0.174. The highest BCUT2D eigenvalue weighted by Gasteiger charge is 2.14. The number of rotatable bonds is 5. The van der Waals surface area contributed by atoms with Gasteiger partial charge in [-0.15, -0.1) is 0 Å². The highest BCUT2D eigenvalue weighted by atomic mass is 79.9. The normalized spacial score (nSPS) is 12.0. The van der Waals surface area contributed by atoms with Crippen molar-refractivity contribution >= 4 is 27.5 Å². The lowest BCUT2D eigenvalue weighted by atomic mass is 10.2. The SMILES string of the molecule is COCC(N)C(=O)Nc1cc(OC)ccc1Br. The van der Waals surface area contributed by atoms with E-state index in [4.69, 9.17) is 15.2 Å². The van der Waals surface area contributed by atoms with Gasteiger partial charge in [0.2, 0.25) is 5.91 Å². The van der Waals surface area contributed by atoms with Crippen LogP contribution in [0.1, 0.15) is 0 Å². The average Bonchev–Trinajstić information content (AvgIpc) is 2.32. The zero-order valence-electron chi connectivity index (χ0n) is 9.70. The van der Waals surface area contributed by atoms with Gasteiger partial charge in [-0.1, -0.05) is 0 Å². The van der Waals surface area contributed by atoms with E-state index in [2.05, 4.69) is 21.2 Å². The van der Waals surface area contributed by atoms with Gasteiger partial charge in [-0.05, 0) is 28.1 Å². The summed E-state index contributed by atoms with van der Waals surface area (Å²) in [4.78, 5) is 11.7. The van der Waals surface area contributed by atoms with Gasteiger partial charge in [0.15, 0.2) is 0 Å². The van der Waals surface area contributed by atoms with Crippen molar-refractivity contribution in [1.82, 2.24) is 0 Å². The first kappa shape index (κ1) is 14.0. The molecule has 1 amide bonds. The van der Waals surface area contributed by atoms with Gasteiger partial charge in [0, 0.05) is 17.6 Å². The molecule has 0 radical (unpaired) electrons. The van der Waals surface area contributed by atoms with Gasteiger partial charge in [0.1, 0.15) is 11.8 Å². The molecule has 1 rings (SSSR count). The second kappa shape index (κ2) is 6.58. The van der Waals surface area contributed by atoms with Crippen LogP contribution in [-0.4, -0.2) is 32.8 Å².